The second-order valence-corrected chi connectivity index (χ2v) is 5.63. The van der Waals surface area contributed by atoms with E-state index < -0.39 is 23.8 Å². The molecule has 0 radical (unpaired) electrons. The Morgan fingerprint density at radius 3 is 2.25 bits per heavy atom. The van der Waals surface area contributed by atoms with Crippen molar-refractivity contribution in [2.75, 3.05) is 0 Å². The van der Waals surface area contributed by atoms with Crippen LogP contribution in [0.2, 0.25) is 0 Å². The van der Waals surface area contributed by atoms with Crippen LogP contribution >= 0.6 is 0 Å². The number of alkyl halides is 2. The molecule has 0 N–H and O–H groups in total. The van der Waals surface area contributed by atoms with Crippen LogP contribution in [0.25, 0.3) is 34.3 Å². The second-order valence-electron chi connectivity index (χ2n) is 5.63. The molecule has 4 aromatic rings. The lowest BCUT2D eigenvalue weighted by molar-refractivity contribution is 0.146. The molecule has 0 saturated heterocycles. The van der Waals surface area contributed by atoms with Gasteiger partial charge in [-0.15, -0.1) is 10.2 Å². The Morgan fingerprint density at radius 1 is 0.786 bits per heavy atom. The predicted octanol–water partition coefficient (Wildman–Crippen LogP) is 4.47. The Balaban J connectivity index is 1.78. The zero-order valence-corrected chi connectivity index (χ0v) is 13.9. The molecule has 0 aromatic carbocycles. The van der Waals surface area contributed by atoms with Crippen LogP contribution in [0.15, 0.2) is 53.3 Å². The fourth-order valence-electron chi connectivity index (χ4n) is 2.44. The number of nitrogens with zero attached hydrogens (tertiary/aromatic N) is 5. The molecule has 6 nitrogen and oxygen atoms in total. The third-order valence-corrected chi connectivity index (χ3v) is 3.70. The fraction of sp³-hybridized carbons (Fsp3) is 0.0556. The summed E-state index contributed by atoms with van der Waals surface area (Å²) in [4.78, 5) is 11.4. The Morgan fingerprint density at radius 2 is 1.57 bits per heavy atom. The van der Waals surface area contributed by atoms with Gasteiger partial charge in [0.25, 0.3) is 18.2 Å². The van der Waals surface area contributed by atoms with Crippen molar-refractivity contribution < 1.29 is 22.0 Å². The molecule has 0 amide bonds. The zero-order chi connectivity index (χ0) is 19.7. The molecule has 4 heterocycles. The minimum atomic E-state index is -2.87. The van der Waals surface area contributed by atoms with Crippen molar-refractivity contribution in [2.45, 2.75) is 6.43 Å². The molecule has 140 valence electrons. The summed E-state index contributed by atoms with van der Waals surface area (Å²) in [6.07, 6.45) is 0.434. The van der Waals surface area contributed by atoms with Crippen LogP contribution in [0, 0.1) is 11.6 Å². The molecular weight excluding hydrogens is 378 g/mol. The average molecular weight is 387 g/mol. The highest BCUT2D eigenvalue weighted by atomic mass is 19.3. The number of pyridine rings is 3. The fourth-order valence-corrected chi connectivity index (χ4v) is 2.44. The van der Waals surface area contributed by atoms with E-state index in [2.05, 4.69) is 25.1 Å². The first-order valence-electron chi connectivity index (χ1n) is 7.86. The molecular formula is C18H9F4N5O. The number of halogens is 4. The number of hydrogen-bond donors (Lipinski definition) is 0. The van der Waals surface area contributed by atoms with Gasteiger partial charge in [0.1, 0.15) is 28.7 Å². The van der Waals surface area contributed by atoms with Crippen molar-refractivity contribution in [3.8, 4) is 34.3 Å². The van der Waals surface area contributed by atoms with Gasteiger partial charge >= 0.3 is 0 Å². The van der Waals surface area contributed by atoms with Gasteiger partial charge in [0, 0.05) is 11.8 Å². The maximum atomic E-state index is 13.5. The summed E-state index contributed by atoms with van der Waals surface area (Å²) in [7, 11) is 0. The van der Waals surface area contributed by atoms with E-state index in [9.17, 15) is 17.6 Å². The van der Waals surface area contributed by atoms with Gasteiger partial charge in [0.15, 0.2) is 0 Å². The predicted molar refractivity (Wildman–Crippen MR) is 88.9 cm³/mol. The molecule has 0 aliphatic carbocycles. The standard InChI is InChI=1S/C18H9F4N5O/c19-11-1-2-13(24-8-11)17-26-27-18(28-17)15-5-9(4-14(25-15)16(21)22)10-3-12(20)7-23-6-10/h1-8,16H. The topological polar surface area (TPSA) is 77.6 Å². The summed E-state index contributed by atoms with van der Waals surface area (Å²) in [6, 6.07) is 6.18. The molecule has 0 fully saturated rings. The van der Waals surface area contributed by atoms with Gasteiger partial charge in [-0.2, -0.15) is 0 Å². The monoisotopic (exact) mass is 387 g/mol. The molecule has 0 atom stereocenters. The number of aromatic nitrogens is 5. The van der Waals surface area contributed by atoms with E-state index >= 15 is 0 Å². The minimum Gasteiger partial charge on any atom is -0.413 e. The molecule has 28 heavy (non-hydrogen) atoms. The number of hydrogen-bond acceptors (Lipinski definition) is 6. The molecule has 0 aliphatic rings. The van der Waals surface area contributed by atoms with Crippen LogP contribution in [0.1, 0.15) is 12.1 Å². The summed E-state index contributed by atoms with van der Waals surface area (Å²) in [5.74, 6) is -1.33. The Kier molecular flexibility index (Phi) is 4.52. The van der Waals surface area contributed by atoms with Gasteiger partial charge in [0.05, 0.1) is 12.4 Å². The van der Waals surface area contributed by atoms with Crippen LogP contribution in [0.5, 0.6) is 0 Å². The van der Waals surface area contributed by atoms with Gasteiger partial charge < -0.3 is 4.42 Å². The van der Waals surface area contributed by atoms with Crippen molar-refractivity contribution >= 4 is 0 Å². The van der Waals surface area contributed by atoms with Crippen molar-refractivity contribution in [3.63, 3.8) is 0 Å². The third-order valence-electron chi connectivity index (χ3n) is 3.70. The SMILES string of the molecule is Fc1ccc(-c2nnc(-c3cc(-c4cncc(F)c4)cc(C(F)F)n3)o2)nc1. The lowest BCUT2D eigenvalue weighted by Gasteiger charge is -2.07. The second kappa shape index (κ2) is 7.14. The van der Waals surface area contributed by atoms with Crippen molar-refractivity contribution in [1.82, 2.24) is 25.1 Å². The van der Waals surface area contributed by atoms with E-state index in [1.54, 1.807) is 0 Å². The zero-order valence-electron chi connectivity index (χ0n) is 13.9. The quantitative estimate of drug-likeness (QED) is 0.481. The van der Waals surface area contributed by atoms with Crippen molar-refractivity contribution in [1.29, 1.82) is 0 Å². The van der Waals surface area contributed by atoms with E-state index in [0.29, 0.717) is 0 Å². The largest absolute Gasteiger partial charge is 0.413 e. The van der Waals surface area contributed by atoms with Gasteiger partial charge in [-0.1, -0.05) is 0 Å². The van der Waals surface area contributed by atoms with Crippen LogP contribution in [-0.4, -0.2) is 25.1 Å². The summed E-state index contributed by atoms with van der Waals surface area (Å²) in [5, 5.41) is 7.57. The van der Waals surface area contributed by atoms with Gasteiger partial charge in [-0.05, 0) is 35.9 Å². The van der Waals surface area contributed by atoms with Gasteiger partial charge in [-0.25, -0.2) is 27.5 Å². The first-order valence-corrected chi connectivity index (χ1v) is 7.86. The summed E-state index contributed by atoms with van der Waals surface area (Å²) >= 11 is 0. The molecule has 0 saturated carbocycles. The highest BCUT2D eigenvalue weighted by Gasteiger charge is 2.18. The Hall–Kier alpha value is -3.69. The third kappa shape index (κ3) is 3.56. The summed E-state index contributed by atoms with van der Waals surface area (Å²) in [5.41, 5.74) is 0.173. The van der Waals surface area contributed by atoms with Gasteiger partial charge in [-0.3, -0.25) is 4.98 Å². The van der Waals surface area contributed by atoms with Crippen LogP contribution in [-0.2, 0) is 0 Å². The lowest BCUT2D eigenvalue weighted by Crippen LogP contribution is -1.95. The van der Waals surface area contributed by atoms with Crippen LogP contribution in [0.4, 0.5) is 17.6 Å². The van der Waals surface area contributed by atoms with E-state index in [1.165, 1.54) is 18.3 Å². The maximum Gasteiger partial charge on any atom is 0.280 e. The average Bonchev–Trinajstić information content (AvgIpc) is 3.18. The molecule has 4 rings (SSSR count). The maximum absolute atomic E-state index is 13.5. The van der Waals surface area contributed by atoms with E-state index in [-0.39, 0.29) is 34.3 Å². The normalized spacial score (nSPS) is 11.2. The first-order chi connectivity index (χ1) is 13.5. The van der Waals surface area contributed by atoms with Crippen LogP contribution in [0.3, 0.4) is 0 Å². The van der Waals surface area contributed by atoms with E-state index in [4.69, 9.17) is 4.42 Å². The molecule has 0 spiro atoms. The molecule has 0 bridgehead atoms. The molecule has 10 heteroatoms. The smallest absolute Gasteiger partial charge is 0.280 e. The summed E-state index contributed by atoms with van der Waals surface area (Å²) in [6.45, 7) is 0. The van der Waals surface area contributed by atoms with Gasteiger partial charge in [0.2, 0.25) is 0 Å². The van der Waals surface area contributed by atoms with Crippen LogP contribution < -0.4 is 0 Å². The highest BCUT2D eigenvalue weighted by molar-refractivity contribution is 5.68. The molecule has 0 aliphatic heterocycles. The molecule has 4 aromatic heterocycles. The Bertz CT molecular complexity index is 1130. The van der Waals surface area contributed by atoms with E-state index in [1.807, 2.05) is 0 Å². The first kappa shape index (κ1) is 17.7. The van der Waals surface area contributed by atoms with Crippen molar-refractivity contribution in [3.05, 3.63) is 66.3 Å². The van der Waals surface area contributed by atoms with Crippen molar-refractivity contribution in [2.24, 2.45) is 0 Å². The molecule has 0 unspecified atom stereocenters. The number of rotatable bonds is 4. The highest BCUT2D eigenvalue weighted by Crippen LogP contribution is 2.30. The minimum absolute atomic E-state index is 0.0297. The summed E-state index contributed by atoms with van der Waals surface area (Å²) < 4.78 is 58.4. The lowest BCUT2D eigenvalue weighted by atomic mass is 10.1. The van der Waals surface area contributed by atoms with E-state index in [0.717, 1.165) is 30.6 Å². The Labute approximate surface area is 154 Å².